The second-order valence-corrected chi connectivity index (χ2v) is 5.48. The maximum absolute atomic E-state index is 12.0. The summed E-state index contributed by atoms with van der Waals surface area (Å²) in [4.78, 5) is 34.5. The van der Waals surface area contributed by atoms with E-state index in [1.165, 1.54) is 23.1 Å². The number of urea groups is 1. The second-order valence-electron chi connectivity index (χ2n) is 4.62. The van der Waals surface area contributed by atoms with Gasteiger partial charge in [-0.15, -0.1) is 0 Å². The minimum Gasteiger partial charge on any atom is -0.481 e. The van der Waals surface area contributed by atoms with Crippen LogP contribution in [0.4, 0.5) is 16.2 Å². The van der Waals surface area contributed by atoms with E-state index in [9.17, 15) is 19.7 Å². The Kier molecular flexibility index (Phi) is 4.41. The number of nitrogens with one attached hydrogen (secondary N) is 1. The molecule has 9 heteroatoms. The molecule has 1 heterocycles. The van der Waals surface area contributed by atoms with Gasteiger partial charge < -0.3 is 15.3 Å². The van der Waals surface area contributed by atoms with Crippen LogP contribution in [0.2, 0.25) is 0 Å². The Labute approximate surface area is 128 Å². The third-order valence-electron chi connectivity index (χ3n) is 3.23. The normalized spacial score (nSPS) is 17.6. The van der Waals surface area contributed by atoms with Crippen LogP contribution in [0, 0.1) is 16.0 Å². The predicted octanol–water partition coefficient (Wildman–Crippen LogP) is 2.30. The van der Waals surface area contributed by atoms with Gasteiger partial charge in [0.25, 0.3) is 5.69 Å². The van der Waals surface area contributed by atoms with Crippen molar-refractivity contribution in [1.29, 1.82) is 0 Å². The van der Waals surface area contributed by atoms with Gasteiger partial charge in [0.1, 0.15) is 0 Å². The van der Waals surface area contributed by atoms with Gasteiger partial charge in [0, 0.05) is 29.7 Å². The van der Waals surface area contributed by atoms with Crippen LogP contribution in [0.25, 0.3) is 0 Å². The molecule has 1 fully saturated rings. The number of nitro groups is 1. The summed E-state index contributed by atoms with van der Waals surface area (Å²) in [5, 5.41) is 22.2. The van der Waals surface area contributed by atoms with Crippen molar-refractivity contribution in [1.82, 2.24) is 4.90 Å². The van der Waals surface area contributed by atoms with Crippen LogP contribution < -0.4 is 5.32 Å². The zero-order valence-corrected chi connectivity index (χ0v) is 12.4. The average molecular weight is 358 g/mol. The molecule has 0 aliphatic carbocycles. The molecule has 0 spiro atoms. The van der Waals surface area contributed by atoms with E-state index in [-0.39, 0.29) is 17.9 Å². The van der Waals surface area contributed by atoms with Gasteiger partial charge in [-0.25, -0.2) is 4.79 Å². The highest BCUT2D eigenvalue weighted by molar-refractivity contribution is 9.10. The number of rotatable bonds is 3. The van der Waals surface area contributed by atoms with Crippen molar-refractivity contribution >= 4 is 39.3 Å². The number of aliphatic carboxylic acids is 1. The minimum absolute atomic E-state index is 0.133. The van der Waals surface area contributed by atoms with E-state index in [2.05, 4.69) is 21.2 Å². The maximum atomic E-state index is 12.0. The number of non-ortho nitro benzene ring substituents is 1. The van der Waals surface area contributed by atoms with E-state index in [0.29, 0.717) is 17.4 Å². The number of nitro benzene ring substituents is 1. The topological polar surface area (TPSA) is 113 Å². The third kappa shape index (κ3) is 3.48. The fraction of sp³-hybridized carbons (Fsp3) is 0.333. The van der Waals surface area contributed by atoms with Crippen LogP contribution in [0.3, 0.4) is 0 Å². The summed E-state index contributed by atoms with van der Waals surface area (Å²) in [7, 11) is 0. The number of carbonyl (C=O) groups is 2. The fourth-order valence-corrected chi connectivity index (χ4v) is 2.41. The number of nitrogens with zero attached hydrogens (tertiary/aromatic N) is 2. The molecule has 112 valence electrons. The van der Waals surface area contributed by atoms with Crippen LogP contribution in [0.5, 0.6) is 0 Å². The number of anilines is 1. The molecule has 21 heavy (non-hydrogen) atoms. The lowest BCUT2D eigenvalue weighted by Crippen LogP contribution is -2.33. The Morgan fingerprint density at radius 3 is 2.76 bits per heavy atom. The SMILES string of the molecule is O=C(O)C1CCN(C(=O)Nc2cc([N+](=O)[O-])ccc2Br)C1. The smallest absolute Gasteiger partial charge is 0.321 e. The lowest BCUT2D eigenvalue weighted by atomic mass is 10.1. The lowest BCUT2D eigenvalue weighted by molar-refractivity contribution is -0.384. The first kappa shape index (κ1) is 15.2. The van der Waals surface area contributed by atoms with Crippen molar-refractivity contribution in [3.63, 3.8) is 0 Å². The molecule has 2 amide bonds. The summed E-state index contributed by atoms with van der Waals surface area (Å²) in [5.41, 5.74) is 0.131. The summed E-state index contributed by atoms with van der Waals surface area (Å²) in [5.74, 6) is -1.49. The van der Waals surface area contributed by atoms with Crippen molar-refractivity contribution in [3.05, 3.63) is 32.8 Å². The second kappa shape index (κ2) is 6.08. The van der Waals surface area contributed by atoms with Crippen molar-refractivity contribution in [2.75, 3.05) is 18.4 Å². The molecule has 0 radical (unpaired) electrons. The summed E-state index contributed by atoms with van der Waals surface area (Å²) in [6, 6.07) is 3.56. The number of carboxylic acids is 1. The van der Waals surface area contributed by atoms with Gasteiger partial charge in [0.05, 0.1) is 16.5 Å². The highest BCUT2D eigenvalue weighted by atomic mass is 79.9. The third-order valence-corrected chi connectivity index (χ3v) is 3.92. The van der Waals surface area contributed by atoms with E-state index >= 15 is 0 Å². The average Bonchev–Trinajstić information content (AvgIpc) is 2.90. The number of amides is 2. The Morgan fingerprint density at radius 1 is 1.48 bits per heavy atom. The molecule has 1 saturated heterocycles. The van der Waals surface area contributed by atoms with E-state index in [1.54, 1.807) is 0 Å². The number of carbonyl (C=O) groups excluding carboxylic acids is 1. The van der Waals surface area contributed by atoms with E-state index < -0.39 is 22.8 Å². The number of hydrogen-bond acceptors (Lipinski definition) is 4. The summed E-state index contributed by atoms with van der Waals surface area (Å²) in [6.07, 6.45) is 0.402. The highest BCUT2D eigenvalue weighted by Crippen LogP contribution is 2.28. The number of hydrogen-bond donors (Lipinski definition) is 2. The Morgan fingerprint density at radius 2 is 2.19 bits per heavy atom. The standard InChI is InChI=1S/C12H12BrN3O5/c13-9-2-1-8(16(20)21)5-10(9)14-12(19)15-4-3-7(6-15)11(17)18/h1-2,5,7H,3-4,6H2,(H,14,19)(H,17,18). The molecular weight excluding hydrogens is 346 g/mol. The van der Waals surface area contributed by atoms with Gasteiger partial charge in [-0.2, -0.15) is 0 Å². The number of likely N-dealkylation sites (tertiary alicyclic amines) is 1. The molecule has 1 unspecified atom stereocenters. The Balaban J connectivity index is 2.08. The van der Waals surface area contributed by atoms with Crippen LogP contribution >= 0.6 is 15.9 Å². The maximum Gasteiger partial charge on any atom is 0.321 e. The van der Waals surface area contributed by atoms with Crippen LogP contribution in [-0.4, -0.2) is 40.0 Å². The first-order valence-electron chi connectivity index (χ1n) is 6.11. The first-order valence-corrected chi connectivity index (χ1v) is 6.90. The molecule has 0 aromatic heterocycles. The predicted molar refractivity (Wildman–Crippen MR) is 77.1 cm³/mol. The molecule has 1 aliphatic heterocycles. The Bertz CT molecular complexity index is 607. The fourth-order valence-electron chi connectivity index (χ4n) is 2.06. The largest absolute Gasteiger partial charge is 0.481 e. The van der Waals surface area contributed by atoms with E-state index in [1.807, 2.05) is 0 Å². The molecule has 2 N–H and O–H groups in total. The van der Waals surface area contributed by atoms with Crippen LogP contribution in [-0.2, 0) is 4.79 Å². The Hall–Kier alpha value is -2.16. The monoisotopic (exact) mass is 357 g/mol. The molecule has 0 saturated carbocycles. The van der Waals surface area contributed by atoms with Gasteiger partial charge >= 0.3 is 12.0 Å². The van der Waals surface area contributed by atoms with Crippen molar-refractivity contribution in [2.24, 2.45) is 5.92 Å². The van der Waals surface area contributed by atoms with E-state index in [4.69, 9.17) is 5.11 Å². The van der Waals surface area contributed by atoms with Crippen molar-refractivity contribution < 1.29 is 19.6 Å². The van der Waals surface area contributed by atoms with E-state index in [0.717, 1.165) is 0 Å². The molecule has 8 nitrogen and oxygen atoms in total. The molecule has 2 rings (SSSR count). The molecule has 1 aliphatic rings. The minimum atomic E-state index is -0.929. The summed E-state index contributed by atoms with van der Waals surface area (Å²) < 4.78 is 0.510. The first-order chi connectivity index (χ1) is 9.88. The van der Waals surface area contributed by atoms with Crippen molar-refractivity contribution in [2.45, 2.75) is 6.42 Å². The number of benzene rings is 1. The van der Waals surface area contributed by atoms with Gasteiger partial charge in [-0.05, 0) is 28.4 Å². The van der Waals surface area contributed by atoms with Crippen molar-refractivity contribution in [3.8, 4) is 0 Å². The number of halogens is 1. The molecule has 1 aromatic carbocycles. The van der Waals surface area contributed by atoms with Gasteiger partial charge in [-0.1, -0.05) is 0 Å². The van der Waals surface area contributed by atoms with Gasteiger partial charge in [0.2, 0.25) is 0 Å². The summed E-state index contributed by atoms with van der Waals surface area (Å²) >= 11 is 3.20. The van der Waals surface area contributed by atoms with Crippen LogP contribution in [0.15, 0.2) is 22.7 Å². The van der Waals surface area contributed by atoms with Gasteiger partial charge in [-0.3, -0.25) is 14.9 Å². The lowest BCUT2D eigenvalue weighted by Gasteiger charge is -2.17. The molecular formula is C12H12BrN3O5. The number of carboxylic acid groups (broad SMARTS) is 1. The van der Waals surface area contributed by atoms with Gasteiger partial charge in [0.15, 0.2) is 0 Å². The highest BCUT2D eigenvalue weighted by Gasteiger charge is 2.31. The quantitative estimate of drug-likeness (QED) is 0.636. The van der Waals surface area contributed by atoms with Crippen LogP contribution in [0.1, 0.15) is 6.42 Å². The molecule has 1 atom stereocenters. The zero-order valence-electron chi connectivity index (χ0n) is 10.8. The zero-order chi connectivity index (χ0) is 15.6. The summed E-state index contributed by atoms with van der Waals surface area (Å²) in [6.45, 7) is 0.475. The molecule has 1 aromatic rings. The molecule has 0 bridgehead atoms.